The number of hydrogen-bond donors (Lipinski definition) is 1. The van der Waals surface area contributed by atoms with Crippen LogP contribution in [0.25, 0.3) is 5.69 Å². The lowest BCUT2D eigenvalue weighted by atomic mass is 10.1. The predicted molar refractivity (Wildman–Crippen MR) is 59.1 cm³/mol. The summed E-state index contributed by atoms with van der Waals surface area (Å²) in [6.45, 7) is 0. The molecule has 17 heavy (non-hydrogen) atoms. The number of aromatic nitrogens is 2. The Morgan fingerprint density at radius 2 is 2.00 bits per heavy atom. The molecule has 0 aliphatic heterocycles. The molecular formula is C10H6BrF3N2O. The van der Waals surface area contributed by atoms with Crippen LogP contribution in [0.5, 0.6) is 0 Å². The van der Waals surface area contributed by atoms with Crippen LogP contribution >= 0.6 is 15.9 Å². The molecule has 1 N–H and O–H groups in total. The smallest absolute Gasteiger partial charge is 0.312 e. The fourth-order valence-electron chi connectivity index (χ4n) is 1.46. The molecule has 1 heterocycles. The fraction of sp³-hybridized carbons (Fsp3) is 0.100. The molecule has 0 amide bonds. The summed E-state index contributed by atoms with van der Waals surface area (Å²) in [6.07, 6.45) is -1.98. The standard InChI is InChI=1S/C10H6BrF3N2O/c11-6-1-2-8(7(5-6)10(12,13)14)16-4-3-15-9(16)17/h1-5H,(H,15,17). The Kier molecular flexibility index (Phi) is 2.86. The number of hydrogen-bond acceptors (Lipinski definition) is 1. The van der Waals surface area contributed by atoms with Crippen molar-refractivity contribution in [2.45, 2.75) is 6.18 Å². The van der Waals surface area contributed by atoms with Crippen LogP contribution in [0.1, 0.15) is 5.56 Å². The highest BCUT2D eigenvalue weighted by Gasteiger charge is 2.34. The van der Waals surface area contributed by atoms with E-state index in [0.29, 0.717) is 4.47 Å². The van der Waals surface area contributed by atoms with E-state index >= 15 is 0 Å². The highest BCUT2D eigenvalue weighted by molar-refractivity contribution is 9.10. The lowest BCUT2D eigenvalue weighted by Crippen LogP contribution is -2.18. The number of imidazole rings is 1. The summed E-state index contributed by atoms with van der Waals surface area (Å²) < 4.78 is 39.6. The van der Waals surface area contributed by atoms with Gasteiger partial charge in [-0.05, 0) is 18.2 Å². The monoisotopic (exact) mass is 306 g/mol. The molecule has 90 valence electrons. The number of aromatic amines is 1. The molecule has 0 unspecified atom stereocenters. The largest absolute Gasteiger partial charge is 0.418 e. The average Bonchev–Trinajstić information content (AvgIpc) is 2.63. The van der Waals surface area contributed by atoms with E-state index in [4.69, 9.17) is 0 Å². The Morgan fingerprint density at radius 3 is 2.53 bits per heavy atom. The van der Waals surface area contributed by atoms with Crippen LogP contribution < -0.4 is 5.69 Å². The van der Waals surface area contributed by atoms with Crippen LogP contribution in [0.15, 0.2) is 39.9 Å². The molecule has 0 saturated carbocycles. The van der Waals surface area contributed by atoms with E-state index in [2.05, 4.69) is 20.9 Å². The van der Waals surface area contributed by atoms with Crippen LogP contribution in [-0.2, 0) is 6.18 Å². The van der Waals surface area contributed by atoms with Crippen LogP contribution in [0.2, 0.25) is 0 Å². The van der Waals surface area contributed by atoms with Crippen molar-refractivity contribution in [3.63, 3.8) is 0 Å². The molecule has 1 aromatic carbocycles. The number of H-pyrrole nitrogens is 1. The number of benzene rings is 1. The fourth-order valence-corrected chi connectivity index (χ4v) is 1.82. The highest BCUT2D eigenvalue weighted by atomic mass is 79.9. The molecule has 0 aliphatic carbocycles. The number of halogens is 4. The predicted octanol–water partition coefficient (Wildman–Crippen LogP) is 2.95. The first-order valence-corrected chi connectivity index (χ1v) is 5.32. The number of nitrogens with one attached hydrogen (secondary N) is 1. The lowest BCUT2D eigenvalue weighted by Gasteiger charge is -2.13. The van der Waals surface area contributed by atoms with E-state index in [-0.39, 0.29) is 5.69 Å². The maximum Gasteiger partial charge on any atom is 0.418 e. The SMILES string of the molecule is O=c1[nH]ccn1-c1ccc(Br)cc1C(F)(F)F. The summed E-state index contributed by atoms with van der Waals surface area (Å²) in [7, 11) is 0. The third kappa shape index (κ3) is 2.28. The molecule has 0 saturated heterocycles. The second kappa shape index (κ2) is 4.06. The van der Waals surface area contributed by atoms with E-state index in [1.807, 2.05) is 0 Å². The van der Waals surface area contributed by atoms with Gasteiger partial charge in [-0.3, -0.25) is 4.57 Å². The summed E-state index contributed by atoms with van der Waals surface area (Å²) in [5.41, 5.74) is -1.68. The van der Waals surface area contributed by atoms with Gasteiger partial charge in [0.1, 0.15) is 0 Å². The van der Waals surface area contributed by atoms with Crippen LogP contribution in [0.4, 0.5) is 13.2 Å². The molecule has 2 aromatic rings. The summed E-state index contributed by atoms with van der Waals surface area (Å²) in [5.74, 6) is 0. The van der Waals surface area contributed by atoms with Gasteiger partial charge in [-0.1, -0.05) is 15.9 Å². The van der Waals surface area contributed by atoms with E-state index in [1.165, 1.54) is 24.5 Å². The van der Waals surface area contributed by atoms with Gasteiger partial charge in [0.2, 0.25) is 0 Å². The molecule has 0 radical (unpaired) electrons. The van der Waals surface area contributed by atoms with Crippen molar-refractivity contribution in [2.75, 3.05) is 0 Å². The number of nitrogens with zero attached hydrogens (tertiary/aromatic N) is 1. The number of alkyl halides is 3. The summed E-state index contributed by atoms with van der Waals surface area (Å²) in [4.78, 5) is 13.6. The first-order valence-electron chi connectivity index (χ1n) is 4.53. The quantitative estimate of drug-likeness (QED) is 0.864. The molecule has 0 aliphatic rings. The van der Waals surface area contributed by atoms with Crippen molar-refractivity contribution in [3.05, 3.63) is 51.1 Å². The zero-order chi connectivity index (χ0) is 12.6. The third-order valence-corrected chi connectivity index (χ3v) is 2.67. The number of rotatable bonds is 1. The van der Waals surface area contributed by atoms with Crippen LogP contribution in [0.3, 0.4) is 0 Å². The van der Waals surface area contributed by atoms with E-state index in [9.17, 15) is 18.0 Å². The minimum Gasteiger partial charge on any atom is -0.312 e. The van der Waals surface area contributed by atoms with Gasteiger partial charge in [-0.2, -0.15) is 13.2 Å². The Hall–Kier alpha value is -1.50. The van der Waals surface area contributed by atoms with Crippen molar-refractivity contribution >= 4 is 15.9 Å². The zero-order valence-corrected chi connectivity index (χ0v) is 9.84. The van der Waals surface area contributed by atoms with Crippen LogP contribution in [0, 0.1) is 0 Å². The second-order valence-electron chi connectivity index (χ2n) is 3.29. The second-order valence-corrected chi connectivity index (χ2v) is 4.21. The highest BCUT2D eigenvalue weighted by Crippen LogP contribution is 2.35. The molecule has 0 bridgehead atoms. The Labute approximate surface area is 102 Å². The third-order valence-electron chi connectivity index (χ3n) is 2.17. The molecule has 7 heteroatoms. The van der Waals surface area contributed by atoms with Crippen molar-refractivity contribution in [3.8, 4) is 5.69 Å². The first-order chi connectivity index (χ1) is 7.89. The van der Waals surface area contributed by atoms with Gasteiger partial charge in [-0.15, -0.1) is 0 Å². The lowest BCUT2D eigenvalue weighted by molar-refractivity contribution is -0.137. The van der Waals surface area contributed by atoms with Crippen molar-refractivity contribution < 1.29 is 13.2 Å². The maximum atomic E-state index is 12.8. The molecule has 1 aromatic heterocycles. The Balaban J connectivity index is 2.71. The van der Waals surface area contributed by atoms with Gasteiger partial charge in [0.25, 0.3) is 0 Å². The molecule has 3 nitrogen and oxygen atoms in total. The van der Waals surface area contributed by atoms with Crippen molar-refractivity contribution in [1.82, 2.24) is 9.55 Å². The molecular weight excluding hydrogens is 301 g/mol. The van der Waals surface area contributed by atoms with Crippen LogP contribution in [-0.4, -0.2) is 9.55 Å². The molecule has 0 fully saturated rings. The van der Waals surface area contributed by atoms with E-state index < -0.39 is 17.4 Å². The van der Waals surface area contributed by atoms with Crippen molar-refractivity contribution in [2.24, 2.45) is 0 Å². The van der Waals surface area contributed by atoms with Gasteiger partial charge in [0.05, 0.1) is 11.3 Å². The van der Waals surface area contributed by atoms with E-state index in [0.717, 1.165) is 10.6 Å². The first kappa shape index (κ1) is 12.0. The van der Waals surface area contributed by atoms with E-state index in [1.54, 1.807) is 0 Å². The average molecular weight is 307 g/mol. The van der Waals surface area contributed by atoms with Gasteiger partial charge >= 0.3 is 11.9 Å². The van der Waals surface area contributed by atoms with Gasteiger partial charge < -0.3 is 4.98 Å². The molecule has 0 atom stereocenters. The molecule has 2 rings (SSSR count). The zero-order valence-electron chi connectivity index (χ0n) is 8.25. The topological polar surface area (TPSA) is 37.8 Å². The molecule has 0 spiro atoms. The Bertz CT molecular complexity index is 600. The Morgan fingerprint density at radius 1 is 1.29 bits per heavy atom. The van der Waals surface area contributed by atoms with Gasteiger partial charge in [0, 0.05) is 16.9 Å². The minimum atomic E-state index is -4.52. The summed E-state index contributed by atoms with van der Waals surface area (Å²) in [5, 5.41) is 0. The van der Waals surface area contributed by atoms with Gasteiger partial charge in [-0.25, -0.2) is 4.79 Å². The minimum absolute atomic E-state index is 0.202. The maximum absolute atomic E-state index is 12.8. The summed E-state index contributed by atoms with van der Waals surface area (Å²) in [6, 6.07) is 3.63. The van der Waals surface area contributed by atoms with Gasteiger partial charge in [0.15, 0.2) is 0 Å². The summed E-state index contributed by atoms with van der Waals surface area (Å²) >= 11 is 2.98. The van der Waals surface area contributed by atoms with Crippen molar-refractivity contribution in [1.29, 1.82) is 0 Å². The normalized spacial score (nSPS) is 11.8.